The number of benzene rings is 2. The molecule has 2 heterocycles. The van der Waals surface area contributed by atoms with Crippen LogP contribution in [0, 0.1) is 0 Å². The zero-order valence-corrected chi connectivity index (χ0v) is 12.9. The summed E-state index contributed by atoms with van der Waals surface area (Å²) in [4.78, 5) is 29.3. The molecule has 24 heavy (non-hydrogen) atoms. The zero-order valence-electron chi connectivity index (χ0n) is 12.9. The molecule has 1 aromatic heterocycles. The van der Waals surface area contributed by atoms with Crippen LogP contribution in [0.15, 0.2) is 54.6 Å². The molecule has 5 heteroatoms. The standard InChI is InChI=1S/C19H16N2O3/c22-18(12-6-2-1-3-7-12)21-11-16-14(10-17(21)19(23)24)13-8-4-5-9-15(13)20-16/h1-9,17,20H,10-11H2,(H,23,24). The molecule has 4 rings (SSSR count). The van der Waals surface area contributed by atoms with Gasteiger partial charge in [-0.15, -0.1) is 0 Å². The molecule has 120 valence electrons. The largest absolute Gasteiger partial charge is 0.480 e. The summed E-state index contributed by atoms with van der Waals surface area (Å²) in [7, 11) is 0. The summed E-state index contributed by atoms with van der Waals surface area (Å²) < 4.78 is 0. The molecular weight excluding hydrogens is 304 g/mol. The van der Waals surface area contributed by atoms with Crippen LogP contribution in [-0.2, 0) is 17.8 Å². The van der Waals surface area contributed by atoms with Crippen LogP contribution in [0.25, 0.3) is 10.9 Å². The van der Waals surface area contributed by atoms with Gasteiger partial charge < -0.3 is 15.0 Å². The van der Waals surface area contributed by atoms with Crippen LogP contribution in [0.1, 0.15) is 21.6 Å². The van der Waals surface area contributed by atoms with E-state index >= 15 is 0 Å². The van der Waals surface area contributed by atoms with Crippen LogP contribution >= 0.6 is 0 Å². The van der Waals surface area contributed by atoms with E-state index in [9.17, 15) is 14.7 Å². The Bertz CT molecular complexity index is 930. The van der Waals surface area contributed by atoms with Crippen LogP contribution in [0.5, 0.6) is 0 Å². The Balaban J connectivity index is 1.77. The van der Waals surface area contributed by atoms with Crippen molar-refractivity contribution < 1.29 is 14.7 Å². The topological polar surface area (TPSA) is 73.4 Å². The van der Waals surface area contributed by atoms with Crippen LogP contribution < -0.4 is 0 Å². The number of H-pyrrole nitrogens is 1. The van der Waals surface area contributed by atoms with Gasteiger partial charge in [0, 0.05) is 28.6 Å². The average molecular weight is 320 g/mol. The number of amides is 1. The number of aliphatic carboxylic acids is 1. The van der Waals surface area contributed by atoms with Crippen molar-refractivity contribution in [1.29, 1.82) is 0 Å². The number of rotatable bonds is 2. The van der Waals surface area contributed by atoms with Gasteiger partial charge in [-0.3, -0.25) is 4.79 Å². The van der Waals surface area contributed by atoms with Crippen molar-refractivity contribution >= 4 is 22.8 Å². The molecule has 0 aliphatic carbocycles. The highest BCUT2D eigenvalue weighted by Gasteiger charge is 2.36. The van der Waals surface area contributed by atoms with E-state index < -0.39 is 12.0 Å². The van der Waals surface area contributed by atoms with Gasteiger partial charge in [0.1, 0.15) is 6.04 Å². The summed E-state index contributed by atoms with van der Waals surface area (Å²) in [5, 5.41) is 10.7. The number of nitrogens with one attached hydrogen (secondary N) is 1. The van der Waals surface area contributed by atoms with E-state index in [-0.39, 0.29) is 12.5 Å². The van der Waals surface area contributed by atoms with Gasteiger partial charge in [0.15, 0.2) is 0 Å². The number of hydrogen-bond acceptors (Lipinski definition) is 2. The molecule has 0 saturated heterocycles. The monoisotopic (exact) mass is 320 g/mol. The van der Waals surface area contributed by atoms with E-state index in [1.54, 1.807) is 24.3 Å². The van der Waals surface area contributed by atoms with Crippen molar-refractivity contribution in [2.75, 3.05) is 0 Å². The minimum atomic E-state index is -0.977. The molecule has 0 fully saturated rings. The van der Waals surface area contributed by atoms with Crippen LogP contribution in [0.3, 0.4) is 0 Å². The van der Waals surface area contributed by atoms with Crippen LogP contribution in [0.4, 0.5) is 0 Å². The van der Waals surface area contributed by atoms with Gasteiger partial charge in [0.05, 0.1) is 6.54 Å². The minimum Gasteiger partial charge on any atom is -0.480 e. The second-order valence-electron chi connectivity index (χ2n) is 5.98. The van der Waals surface area contributed by atoms with Gasteiger partial charge in [-0.1, -0.05) is 36.4 Å². The third kappa shape index (κ3) is 2.25. The first-order chi connectivity index (χ1) is 11.6. The summed E-state index contributed by atoms with van der Waals surface area (Å²) in [5.74, 6) is -1.23. The summed E-state index contributed by atoms with van der Waals surface area (Å²) in [6.07, 6.45) is 0.313. The summed E-state index contributed by atoms with van der Waals surface area (Å²) in [6, 6.07) is 15.8. The Morgan fingerprint density at radius 1 is 1.04 bits per heavy atom. The fraction of sp³-hybridized carbons (Fsp3) is 0.158. The van der Waals surface area contributed by atoms with Crippen LogP contribution in [0.2, 0.25) is 0 Å². The maximum absolute atomic E-state index is 12.8. The molecule has 0 saturated carbocycles. The lowest BCUT2D eigenvalue weighted by molar-refractivity contribution is -0.142. The first-order valence-corrected chi connectivity index (χ1v) is 7.82. The maximum atomic E-state index is 12.8. The maximum Gasteiger partial charge on any atom is 0.326 e. The van der Waals surface area contributed by atoms with Crippen molar-refractivity contribution in [3.8, 4) is 0 Å². The van der Waals surface area contributed by atoms with E-state index in [1.165, 1.54) is 4.90 Å². The highest BCUT2D eigenvalue weighted by Crippen LogP contribution is 2.31. The first-order valence-electron chi connectivity index (χ1n) is 7.82. The summed E-state index contributed by atoms with van der Waals surface area (Å²) in [6.45, 7) is 0.273. The van der Waals surface area contributed by atoms with Gasteiger partial charge in [-0.2, -0.15) is 0 Å². The molecule has 0 bridgehead atoms. The number of nitrogens with zero attached hydrogens (tertiary/aromatic N) is 1. The molecule has 1 atom stereocenters. The second kappa shape index (κ2) is 5.53. The van der Waals surface area contributed by atoms with E-state index in [1.807, 2.05) is 30.3 Å². The number of aromatic amines is 1. The molecular formula is C19H16N2O3. The lowest BCUT2D eigenvalue weighted by atomic mass is 9.96. The van der Waals surface area contributed by atoms with Crippen molar-refractivity contribution in [2.45, 2.75) is 19.0 Å². The predicted molar refractivity (Wildman–Crippen MR) is 89.7 cm³/mol. The third-order valence-corrected chi connectivity index (χ3v) is 4.57. The molecule has 0 radical (unpaired) electrons. The highest BCUT2D eigenvalue weighted by molar-refractivity contribution is 5.97. The Morgan fingerprint density at radius 2 is 1.75 bits per heavy atom. The molecule has 2 aromatic carbocycles. The van der Waals surface area contributed by atoms with E-state index in [0.29, 0.717) is 12.0 Å². The van der Waals surface area contributed by atoms with Gasteiger partial charge in [-0.05, 0) is 23.8 Å². The Labute approximate surface area is 138 Å². The van der Waals surface area contributed by atoms with Crippen molar-refractivity contribution in [3.05, 3.63) is 71.4 Å². The first kappa shape index (κ1) is 14.5. The molecule has 5 nitrogen and oxygen atoms in total. The van der Waals surface area contributed by atoms with Crippen molar-refractivity contribution in [2.24, 2.45) is 0 Å². The van der Waals surface area contributed by atoms with Crippen LogP contribution in [-0.4, -0.2) is 32.9 Å². The highest BCUT2D eigenvalue weighted by atomic mass is 16.4. The number of carbonyl (C=O) groups is 2. The SMILES string of the molecule is O=C(O)C1Cc2c([nH]c3ccccc23)CN1C(=O)c1ccccc1. The van der Waals surface area contributed by atoms with E-state index in [4.69, 9.17) is 0 Å². The smallest absolute Gasteiger partial charge is 0.326 e. The Kier molecular flexibility index (Phi) is 3.34. The second-order valence-corrected chi connectivity index (χ2v) is 5.98. The lowest BCUT2D eigenvalue weighted by Crippen LogP contribution is -2.48. The molecule has 1 unspecified atom stereocenters. The Hall–Kier alpha value is -3.08. The van der Waals surface area contributed by atoms with Crippen molar-refractivity contribution in [3.63, 3.8) is 0 Å². The molecule has 2 N–H and O–H groups in total. The average Bonchev–Trinajstić information content (AvgIpc) is 2.98. The zero-order chi connectivity index (χ0) is 16.7. The number of para-hydroxylation sites is 1. The third-order valence-electron chi connectivity index (χ3n) is 4.57. The molecule has 3 aromatic rings. The number of hydrogen-bond donors (Lipinski definition) is 2. The molecule has 1 amide bonds. The fourth-order valence-electron chi connectivity index (χ4n) is 3.39. The minimum absolute atomic E-state index is 0.257. The number of fused-ring (bicyclic) bond motifs is 3. The fourth-order valence-corrected chi connectivity index (χ4v) is 3.39. The normalized spacial score (nSPS) is 16.8. The van der Waals surface area contributed by atoms with Crippen molar-refractivity contribution in [1.82, 2.24) is 9.88 Å². The van der Waals surface area contributed by atoms with Gasteiger partial charge in [0.2, 0.25) is 0 Å². The molecule has 1 aliphatic rings. The molecule has 1 aliphatic heterocycles. The molecule has 0 spiro atoms. The van der Waals surface area contributed by atoms with Gasteiger partial charge in [-0.25, -0.2) is 4.79 Å². The number of carbonyl (C=O) groups excluding carboxylic acids is 1. The summed E-state index contributed by atoms with van der Waals surface area (Å²) >= 11 is 0. The quantitative estimate of drug-likeness (QED) is 0.762. The predicted octanol–water partition coefficient (Wildman–Crippen LogP) is 2.82. The van der Waals surface area contributed by atoms with E-state index in [0.717, 1.165) is 22.2 Å². The Morgan fingerprint density at radius 3 is 2.50 bits per heavy atom. The number of carboxylic acids is 1. The van der Waals surface area contributed by atoms with Gasteiger partial charge in [0.25, 0.3) is 5.91 Å². The summed E-state index contributed by atoms with van der Waals surface area (Å²) in [5.41, 5.74) is 3.39. The van der Waals surface area contributed by atoms with Gasteiger partial charge >= 0.3 is 5.97 Å². The lowest BCUT2D eigenvalue weighted by Gasteiger charge is -2.33. The number of aromatic nitrogens is 1. The number of carboxylic acid groups (broad SMARTS) is 1. The van der Waals surface area contributed by atoms with E-state index in [2.05, 4.69) is 4.98 Å².